The Bertz CT molecular complexity index is 604. The van der Waals surface area contributed by atoms with Crippen LogP contribution in [0.1, 0.15) is 36.5 Å². The average Bonchev–Trinajstić information content (AvgIpc) is 2.33. The summed E-state index contributed by atoms with van der Waals surface area (Å²) < 4.78 is 2.27. The zero-order chi connectivity index (χ0) is 13.7. The van der Waals surface area contributed by atoms with Crippen molar-refractivity contribution in [3.8, 4) is 6.07 Å². The van der Waals surface area contributed by atoms with E-state index in [0.29, 0.717) is 25.8 Å². The lowest BCUT2D eigenvalue weighted by molar-refractivity contribution is 0.101. The molecule has 0 aliphatic carbocycles. The number of nitriles is 1. The molecule has 1 heterocycles. The summed E-state index contributed by atoms with van der Waals surface area (Å²) in [6.45, 7) is 1.69. The number of nitrogens with zero attached hydrogens (tertiary/aromatic N) is 3. The summed E-state index contributed by atoms with van der Waals surface area (Å²) in [5.74, 6) is -0.360. The number of unbranched alkanes of at least 4 members (excludes halogenated alkanes) is 2. The number of aromatic nitrogens is 2. The molecule has 0 spiro atoms. The van der Waals surface area contributed by atoms with Gasteiger partial charge in [-0.15, -0.1) is 0 Å². The van der Waals surface area contributed by atoms with Crippen LogP contribution in [-0.4, -0.2) is 14.9 Å². The van der Waals surface area contributed by atoms with E-state index in [1.165, 1.54) is 24.7 Å². The van der Waals surface area contributed by atoms with Gasteiger partial charge in [-0.3, -0.25) is 18.7 Å². The number of ketones is 1. The summed E-state index contributed by atoms with van der Waals surface area (Å²) in [7, 11) is 1.35. The molecular formula is C12H15N3O3. The third-order valence-corrected chi connectivity index (χ3v) is 2.67. The van der Waals surface area contributed by atoms with Crippen LogP contribution in [0.15, 0.2) is 15.8 Å². The standard InChI is InChI=1S/C12H15N3O3/c1-9(16)10-8-15(7-5-3-4-6-13)12(18)14(2)11(10)17/h8H,3-5,7H2,1-2H3. The number of rotatable bonds is 5. The van der Waals surface area contributed by atoms with Gasteiger partial charge in [0, 0.05) is 26.2 Å². The first-order chi connectivity index (χ1) is 8.49. The molecule has 96 valence electrons. The lowest BCUT2D eigenvalue weighted by Crippen LogP contribution is -2.40. The molecule has 6 heteroatoms. The highest BCUT2D eigenvalue weighted by molar-refractivity contribution is 5.93. The SMILES string of the molecule is CC(=O)c1cn(CCCCC#N)c(=O)n(C)c1=O. The summed E-state index contributed by atoms with van der Waals surface area (Å²) in [5.41, 5.74) is -1.000. The van der Waals surface area contributed by atoms with Gasteiger partial charge in [-0.05, 0) is 19.8 Å². The van der Waals surface area contributed by atoms with Crippen LogP contribution in [0, 0.1) is 11.3 Å². The van der Waals surface area contributed by atoms with Gasteiger partial charge in [-0.1, -0.05) is 0 Å². The van der Waals surface area contributed by atoms with Gasteiger partial charge >= 0.3 is 5.69 Å². The van der Waals surface area contributed by atoms with Gasteiger partial charge < -0.3 is 0 Å². The van der Waals surface area contributed by atoms with Crippen LogP contribution in [0.4, 0.5) is 0 Å². The molecule has 0 saturated heterocycles. The van der Waals surface area contributed by atoms with Gasteiger partial charge in [0.25, 0.3) is 5.56 Å². The predicted octanol–water partition coefficient (Wildman–Crippen LogP) is 0.443. The topological polar surface area (TPSA) is 84.9 Å². The lowest BCUT2D eigenvalue weighted by Gasteiger charge is -2.08. The van der Waals surface area contributed by atoms with Crippen LogP contribution >= 0.6 is 0 Å². The molecule has 0 amide bonds. The molecule has 0 fully saturated rings. The molecule has 0 aromatic carbocycles. The summed E-state index contributed by atoms with van der Waals surface area (Å²) in [6.07, 6.45) is 3.07. The highest BCUT2D eigenvalue weighted by Crippen LogP contribution is 1.98. The number of carbonyl (C=O) groups excluding carboxylic acids is 1. The Morgan fingerprint density at radius 3 is 2.61 bits per heavy atom. The normalized spacial score (nSPS) is 10.1. The molecule has 18 heavy (non-hydrogen) atoms. The minimum atomic E-state index is -0.569. The van der Waals surface area contributed by atoms with Gasteiger partial charge in [-0.2, -0.15) is 5.26 Å². The fourth-order valence-electron chi connectivity index (χ4n) is 1.61. The molecule has 0 saturated carbocycles. The van der Waals surface area contributed by atoms with Crippen molar-refractivity contribution in [2.75, 3.05) is 0 Å². The van der Waals surface area contributed by atoms with Gasteiger partial charge in [0.2, 0.25) is 0 Å². The highest BCUT2D eigenvalue weighted by atomic mass is 16.2. The third-order valence-electron chi connectivity index (χ3n) is 2.67. The van der Waals surface area contributed by atoms with Crippen LogP contribution in [-0.2, 0) is 13.6 Å². The van der Waals surface area contributed by atoms with Crippen molar-refractivity contribution in [2.24, 2.45) is 7.05 Å². The molecule has 1 aromatic heterocycles. The first kappa shape index (κ1) is 13.9. The Balaban J connectivity index is 3.06. The lowest BCUT2D eigenvalue weighted by atomic mass is 10.2. The van der Waals surface area contributed by atoms with E-state index in [1.807, 2.05) is 6.07 Å². The van der Waals surface area contributed by atoms with E-state index in [4.69, 9.17) is 5.26 Å². The van der Waals surface area contributed by atoms with Crippen molar-refractivity contribution in [1.29, 1.82) is 5.26 Å². The number of hydrogen-bond donors (Lipinski definition) is 0. The summed E-state index contributed by atoms with van der Waals surface area (Å²) in [5, 5.41) is 8.41. The molecule has 1 rings (SSSR count). The second-order valence-electron chi connectivity index (χ2n) is 4.05. The minimum absolute atomic E-state index is 0.0115. The van der Waals surface area contributed by atoms with Gasteiger partial charge in [0.15, 0.2) is 5.78 Å². The summed E-state index contributed by atoms with van der Waals surface area (Å²) in [6, 6.07) is 2.02. The second-order valence-corrected chi connectivity index (χ2v) is 4.05. The van der Waals surface area contributed by atoms with Crippen molar-refractivity contribution >= 4 is 5.78 Å². The Morgan fingerprint density at radius 2 is 2.06 bits per heavy atom. The highest BCUT2D eigenvalue weighted by Gasteiger charge is 2.11. The Labute approximate surface area is 104 Å². The molecule has 0 bridgehead atoms. The molecule has 1 aromatic rings. The van der Waals surface area contributed by atoms with E-state index < -0.39 is 11.2 Å². The molecule has 0 unspecified atom stereocenters. The predicted molar refractivity (Wildman–Crippen MR) is 65.4 cm³/mol. The number of aryl methyl sites for hydroxylation is 1. The van der Waals surface area contributed by atoms with Crippen LogP contribution in [0.3, 0.4) is 0 Å². The average molecular weight is 249 g/mol. The zero-order valence-electron chi connectivity index (χ0n) is 10.5. The van der Waals surface area contributed by atoms with E-state index in [2.05, 4.69) is 0 Å². The third kappa shape index (κ3) is 2.94. The van der Waals surface area contributed by atoms with Crippen LogP contribution in [0.2, 0.25) is 0 Å². The van der Waals surface area contributed by atoms with E-state index in [9.17, 15) is 14.4 Å². The Kier molecular flexibility index (Phi) is 4.60. The maximum absolute atomic E-state index is 11.8. The van der Waals surface area contributed by atoms with Crippen molar-refractivity contribution in [1.82, 2.24) is 9.13 Å². The summed E-state index contributed by atoms with van der Waals surface area (Å²) in [4.78, 5) is 34.7. The van der Waals surface area contributed by atoms with Crippen LogP contribution in [0.25, 0.3) is 0 Å². The smallest absolute Gasteiger partial charge is 0.300 e. The molecule has 0 atom stereocenters. The van der Waals surface area contributed by atoms with Crippen LogP contribution in [0.5, 0.6) is 0 Å². The van der Waals surface area contributed by atoms with E-state index in [1.54, 1.807) is 0 Å². The van der Waals surface area contributed by atoms with Gasteiger partial charge in [0.05, 0.1) is 11.6 Å². The largest absolute Gasteiger partial charge is 0.330 e. The van der Waals surface area contributed by atoms with Crippen LogP contribution < -0.4 is 11.2 Å². The first-order valence-electron chi connectivity index (χ1n) is 5.67. The minimum Gasteiger partial charge on any atom is -0.300 e. The Morgan fingerprint density at radius 1 is 1.39 bits per heavy atom. The Hall–Kier alpha value is -2.16. The van der Waals surface area contributed by atoms with E-state index >= 15 is 0 Å². The van der Waals surface area contributed by atoms with E-state index in [-0.39, 0.29) is 11.3 Å². The van der Waals surface area contributed by atoms with Gasteiger partial charge in [-0.25, -0.2) is 4.79 Å². The number of hydrogen-bond acceptors (Lipinski definition) is 4. The number of Topliss-reactive ketones (excluding diaryl/α,β-unsaturated/α-hetero) is 1. The van der Waals surface area contributed by atoms with Crippen molar-refractivity contribution < 1.29 is 4.79 Å². The zero-order valence-corrected chi connectivity index (χ0v) is 10.5. The fourth-order valence-corrected chi connectivity index (χ4v) is 1.61. The molecule has 0 aliphatic heterocycles. The molecule has 0 radical (unpaired) electrons. The fraction of sp³-hybridized carbons (Fsp3) is 0.500. The quantitative estimate of drug-likeness (QED) is 0.560. The first-order valence-corrected chi connectivity index (χ1v) is 5.67. The molecule has 6 nitrogen and oxygen atoms in total. The van der Waals surface area contributed by atoms with E-state index in [0.717, 1.165) is 4.57 Å². The monoisotopic (exact) mass is 249 g/mol. The van der Waals surface area contributed by atoms with Crippen molar-refractivity contribution in [2.45, 2.75) is 32.7 Å². The maximum atomic E-state index is 11.8. The second kappa shape index (κ2) is 5.96. The summed E-state index contributed by atoms with van der Waals surface area (Å²) >= 11 is 0. The molecule has 0 N–H and O–H groups in total. The number of carbonyl (C=O) groups is 1. The maximum Gasteiger partial charge on any atom is 0.330 e. The van der Waals surface area contributed by atoms with Crippen molar-refractivity contribution in [3.05, 3.63) is 32.6 Å². The van der Waals surface area contributed by atoms with Crippen molar-refractivity contribution in [3.63, 3.8) is 0 Å². The molecule has 0 aliphatic rings. The molecular weight excluding hydrogens is 234 g/mol. The van der Waals surface area contributed by atoms with Gasteiger partial charge in [0.1, 0.15) is 0 Å².